The molecular weight excluding hydrogens is 385 g/mol. The molecule has 0 saturated carbocycles. The maximum atomic E-state index is 13.0. The lowest BCUT2D eigenvalue weighted by Crippen LogP contribution is -2.35. The number of piperidine rings is 1. The molecule has 1 saturated heterocycles. The van der Waals surface area contributed by atoms with E-state index in [0.29, 0.717) is 17.8 Å². The molecule has 10 heteroatoms. The molecule has 0 bridgehead atoms. The fourth-order valence-corrected chi connectivity index (χ4v) is 3.41. The van der Waals surface area contributed by atoms with Crippen molar-refractivity contribution in [3.8, 4) is 11.3 Å². The molecule has 3 N–H and O–H groups in total. The minimum Gasteiger partial charge on any atom is -0.366 e. The Bertz CT molecular complexity index is 1140. The summed E-state index contributed by atoms with van der Waals surface area (Å²) in [4.78, 5) is 17.0. The number of fused-ring (bicyclic) bond motifs is 1. The smallest absolute Gasteiger partial charge is 0.228 e. The Labute approximate surface area is 171 Å². The molecule has 1 fully saturated rings. The zero-order valence-corrected chi connectivity index (χ0v) is 16.1. The molecular formula is C20H20FN9. The number of imidazole rings is 1. The summed E-state index contributed by atoms with van der Waals surface area (Å²) in [5.74, 6) is 1.25. The van der Waals surface area contributed by atoms with Gasteiger partial charge < -0.3 is 16.0 Å². The van der Waals surface area contributed by atoms with Crippen molar-refractivity contribution in [3.05, 3.63) is 54.9 Å². The summed E-state index contributed by atoms with van der Waals surface area (Å²) >= 11 is 0. The average molecular weight is 405 g/mol. The first kappa shape index (κ1) is 18.4. The highest BCUT2D eigenvalue weighted by Crippen LogP contribution is 2.21. The van der Waals surface area contributed by atoms with Crippen molar-refractivity contribution in [1.82, 2.24) is 34.9 Å². The number of hydrogen-bond donors (Lipinski definition) is 3. The van der Waals surface area contributed by atoms with Gasteiger partial charge in [0, 0.05) is 24.0 Å². The average Bonchev–Trinajstić information content (AvgIpc) is 3.20. The first-order chi connectivity index (χ1) is 14.7. The van der Waals surface area contributed by atoms with E-state index in [1.54, 1.807) is 23.1 Å². The second kappa shape index (κ2) is 7.99. The molecule has 0 amide bonds. The van der Waals surface area contributed by atoms with Crippen molar-refractivity contribution in [3.63, 3.8) is 0 Å². The van der Waals surface area contributed by atoms with Crippen molar-refractivity contribution in [1.29, 1.82) is 0 Å². The maximum Gasteiger partial charge on any atom is 0.228 e. The number of rotatable bonds is 5. The molecule has 0 aliphatic carbocycles. The molecule has 0 unspecified atom stereocenters. The van der Waals surface area contributed by atoms with Gasteiger partial charge in [-0.05, 0) is 50.2 Å². The highest BCUT2D eigenvalue weighted by atomic mass is 19.1. The van der Waals surface area contributed by atoms with E-state index in [2.05, 4.69) is 35.9 Å². The van der Waals surface area contributed by atoms with Gasteiger partial charge in [0.2, 0.25) is 5.95 Å². The van der Waals surface area contributed by atoms with E-state index < -0.39 is 5.82 Å². The number of aromatic nitrogens is 6. The monoisotopic (exact) mass is 405 g/mol. The first-order valence-electron chi connectivity index (χ1n) is 9.78. The van der Waals surface area contributed by atoms with Crippen LogP contribution in [-0.2, 0) is 0 Å². The van der Waals surface area contributed by atoms with Gasteiger partial charge in [0.15, 0.2) is 5.65 Å². The van der Waals surface area contributed by atoms with E-state index in [1.807, 2.05) is 12.1 Å². The summed E-state index contributed by atoms with van der Waals surface area (Å²) in [6.45, 7) is 2.03. The van der Waals surface area contributed by atoms with Crippen LogP contribution >= 0.6 is 0 Å². The number of pyridine rings is 1. The minimum atomic E-state index is -0.397. The van der Waals surface area contributed by atoms with Crippen LogP contribution in [0.5, 0.6) is 0 Å². The Morgan fingerprint density at radius 1 is 0.900 bits per heavy atom. The van der Waals surface area contributed by atoms with E-state index in [1.165, 1.54) is 12.1 Å². The minimum absolute atomic E-state index is 0.368. The van der Waals surface area contributed by atoms with Crippen LogP contribution in [0.15, 0.2) is 49.1 Å². The topological polar surface area (TPSA) is 105 Å². The fraction of sp³-hybridized carbons (Fsp3) is 0.250. The third-order valence-electron chi connectivity index (χ3n) is 4.97. The molecule has 0 atom stereocenters. The molecule has 0 spiro atoms. The van der Waals surface area contributed by atoms with Crippen molar-refractivity contribution in [2.75, 3.05) is 23.7 Å². The Morgan fingerprint density at radius 2 is 1.70 bits per heavy atom. The predicted molar refractivity (Wildman–Crippen MR) is 111 cm³/mol. The van der Waals surface area contributed by atoms with Gasteiger partial charge in [0.05, 0.1) is 18.1 Å². The Morgan fingerprint density at radius 3 is 2.47 bits per heavy atom. The maximum absolute atomic E-state index is 13.0. The zero-order chi connectivity index (χ0) is 20.3. The van der Waals surface area contributed by atoms with Crippen molar-refractivity contribution < 1.29 is 4.39 Å². The van der Waals surface area contributed by atoms with Crippen LogP contribution in [0.3, 0.4) is 0 Å². The van der Waals surface area contributed by atoms with Gasteiger partial charge in [-0.15, -0.1) is 5.10 Å². The van der Waals surface area contributed by atoms with Gasteiger partial charge in [-0.1, -0.05) is 0 Å². The number of nitrogens with one attached hydrogen (secondary N) is 3. The molecule has 5 heterocycles. The molecule has 30 heavy (non-hydrogen) atoms. The van der Waals surface area contributed by atoms with Crippen molar-refractivity contribution in [2.45, 2.75) is 18.9 Å². The highest BCUT2D eigenvalue weighted by molar-refractivity contribution is 5.63. The lowest BCUT2D eigenvalue weighted by molar-refractivity contribution is 0.477. The van der Waals surface area contributed by atoms with Gasteiger partial charge >= 0.3 is 0 Å². The first-order valence-corrected chi connectivity index (χ1v) is 9.78. The van der Waals surface area contributed by atoms with Gasteiger partial charge in [-0.3, -0.25) is 0 Å². The predicted octanol–water partition coefficient (Wildman–Crippen LogP) is 2.63. The van der Waals surface area contributed by atoms with E-state index in [9.17, 15) is 4.39 Å². The van der Waals surface area contributed by atoms with Gasteiger partial charge in [-0.2, -0.15) is 0 Å². The van der Waals surface area contributed by atoms with Crippen LogP contribution in [0.4, 0.5) is 22.0 Å². The van der Waals surface area contributed by atoms with Crippen LogP contribution in [0.2, 0.25) is 0 Å². The molecule has 0 aromatic carbocycles. The quantitative estimate of drug-likeness (QED) is 0.465. The van der Waals surface area contributed by atoms with E-state index in [4.69, 9.17) is 5.10 Å². The third kappa shape index (κ3) is 3.90. The Balaban J connectivity index is 1.37. The summed E-state index contributed by atoms with van der Waals surface area (Å²) in [6.07, 6.45) is 8.41. The molecule has 152 valence electrons. The largest absolute Gasteiger partial charge is 0.366 e. The molecule has 0 radical (unpaired) electrons. The van der Waals surface area contributed by atoms with Crippen LogP contribution in [0.25, 0.3) is 16.9 Å². The fourth-order valence-electron chi connectivity index (χ4n) is 3.41. The molecule has 1 aliphatic rings. The standard InChI is InChI=1S/C20H20FN9/c21-14-1-2-17(23-11-14)28-20-25-9-13(10-26-20)16-12-24-19-4-3-18(29-30(16)19)27-15-5-7-22-8-6-15/h1-4,9-12,15,22H,5-8H2,(H,27,29)(H,23,25,26,28). The van der Waals surface area contributed by atoms with Crippen LogP contribution in [0.1, 0.15) is 12.8 Å². The summed E-state index contributed by atoms with van der Waals surface area (Å²) in [5.41, 5.74) is 2.33. The van der Waals surface area contributed by atoms with Crippen LogP contribution in [-0.4, -0.2) is 48.7 Å². The molecule has 4 aromatic heterocycles. The zero-order valence-electron chi connectivity index (χ0n) is 16.1. The lowest BCUT2D eigenvalue weighted by Gasteiger charge is -2.24. The highest BCUT2D eigenvalue weighted by Gasteiger charge is 2.14. The summed E-state index contributed by atoms with van der Waals surface area (Å²) in [5, 5.41) is 14.5. The molecule has 1 aliphatic heterocycles. The molecule has 9 nitrogen and oxygen atoms in total. The van der Waals surface area contributed by atoms with Gasteiger partial charge in [-0.25, -0.2) is 28.8 Å². The summed E-state index contributed by atoms with van der Waals surface area (Å²) in [6, 6.07) is 7.16. The molecule has 5 rings (SSSR count). The van der Waals surface area contributed by atoms with Crippen molar-refractivity contribution in [2.24, 2.45) is 0 Å². The van der Waals surface area contributed by atoms with Crippen molar-refractivity contribution >= 4 is 23.2 Å². The van der Waals surface area contributed by atoms with E-state index in [0.717, 1.165) is 54.9 Å². The summed E-state index contributed by atoms with van der Waals surface area (Å²) in [7, 11) is 0. The number of halogens is 1. The SMILES string of the molecule is Fc1ccc(Nc2ncc(-c3cnc4ccc(NC5CCNCC5)nn34)cn2)nc1. The second-order valence-electron chi connectivity index (χ2n) is 7.08. The number of hydrogen-bond acceptors (Lipinski definition) is 8. The third-order valence-corrected chi connectivity index (χ3v) is 4.97. The van der Waals surface area contributed by atoms with Gasteiger partial charge in [0.25, 0.3) is 0 Å². The van der Waals surface area contributed by atoms with Gasteiger partial charge in [0.1, 0.15) is 17.5 Å². The molecule has 4 aromatic rings. The summed E-state index contributed by atoms with van der Waals surface area (Å²) < 4.78 is 14.8. The Hall–Kier alpha value is -3.66. The number of nitrogens with zero attached hydrogens (tertiary/aromatic N) is 6. The van der Waals surface area contributed by atoms with E-state index >= 15 is 0 Å². The van der Waals surface area contributed by atoms with Crippen LogP contribution in [0, 0.1) is 5.82 Å². The lowest BCUT2D eigenvalue weighted by atomic mass is 10.1. The van der Waals surface area contributed by atoms with Crippen LogP contribution < -0.4 is 16.0 Å². The van der Waals surface area contributed by atoms with E-state index in [-0.39, 0.29) is 0 Å². The normalized spacial score (nSPS) is 14.7. The number of anilines is 3. The Kier molecular flexibility index (Phi) is 4.89. The second-order valence-corrected chi connectivity index (χ2v) is 7.08.